The van der Waals surface area contributed by atoms with Gasteiger partial charge in [-0.3, -0.25) is 14.4 Å². The highest BCUT2D eigenvalue weighted by Crippen LogP contribution is 2.43. The van der Waals surface area contributed by atoms with Crippen LogP contribution in [0.15, 0.2) is 58.3 Å². The Kier molecular flexibility index (Phi) is 25.9. The summed E-state index contributed by atoms with van der Waals surface area (Å²) in [4.78, 5) is 1.90. The molecule has 0 aliphatic rings. The maximum absolute atomic E-state index is 12.6. The molecule has 6 nitrogen and oxygen atoms in total. The molecule has 2 N–H and O–H groups in total. The van der Waals surface area contributed by atoms with Gasteiger partial charge in [-0.05, 0) is 37.1 Å². The van der Waals surface area contributed by atoms with E-state index in [0.29, 0.717) is 12.4 Å². The van der Waals surface area contributed by atoms with Gasteiger partial charge in [-0.2, -0.15) is 4.28 Å². The first-order chi connectivity index (χ1) is 22.6. The molecule has 0 amide bonds. The highest BCUT2D eigenvalue weighted by Gasteiger charge is 2.11. The third-order valence-electron chi connectivity index (χ3n) is 7.79. The summed E-state index contributed by atoms with van der Waals surface area (Å²) in [6.07, 6.45) is 25.0. The van der Waals surface area contributed by atoms with Gasteiger partial charge < -0.3 is 0 Å². The first-order valence-electron chi connectivity index (χ1n) is 17.8. The maximum atomic E-state index is 12.6. The zero-order valence-electron chi connectivity index (χ0n) is 28.4. The van der Waals surface area contributed by atoms with Gasteiger partial charge in [-0.15, -0.1) is 0 Å². The van der Waals surface area contributed by atoms with E-state index in [9.17, 15) is 8.42 Å². The van der Waals surface area contributed by atoms with E-state index in [1.54, 1.807) is 21.6 Å². The lowest BCUT2D eigenvalue weighted by atomic mass is 10.1. The molecule has 0 aliphatic carbocycles. The maximum Gasteiger partial charge on any atom is 0.261 e. The average molecular weight is 713 g/mol. The molecule has 2 aromatic carbocycles. The first kappa shape index (κ1) is 41.1. The van der Waals surface area contributed by atoms with Crippen LogP contribution in [0.2, 0.25) is 0 Å². The minimum absolute atomic E-state index is 0.486. The summed E-state index contributed by atoms with van der Waals surface area (Å²) in [5.41, 5.74) is 4.45. The monoisotopic (exact) mass is 712 g/mol. The van der Waals surface area contributed by atoms with Gasteiger partial charge in [0.25, 0.3) is 11.3 Å². The van der Waals surface area contributed by atoms with Gasteiger partial charge in [0.15, 0.2) is 11.1 Å². The Bertz CT molecular complexity index is 1080. The summed E-state index contributed by atoms with van der Waals surface area (Å²) in [5.74, 6) is 0.533. The van der Waals surface area contributed by atoms with Crippen LogP contribution in [-0.4, -0.2) is 20.8 Å². The minimum Gasteiger partial charge on any atom is -0.281 e. The van der Waals surface area contributed by atoms with Crippen molar-refractivity contribution in [2.75, 3.05) is 22.6 Å². The fourth-order valence-electron chi connectivity index (χ4n) is 5.02. The van der Waals surface area contributed by atoms with Crippen molar-refractivity contribution in [1.82, 2.24) is 0 Å². The average Bonchev–Trinajstić information content (AvgIpc) is 3.07. The molecule has 0 spiro atoms. The highest BCUT2D eigenvalue weighted by molar-refractivity contribution is 8.76. The lowest BCUT2D eigenvalue weighted by Gasteiger charge is -2.13. The predicted octanol–water partition coefficient (Wildman–Crippen LogP) is 12.3. The molecule has 2 unspecified atom stereocenters. The van der Waals surface area contributed by atoms with Crippen LogP contribution in [0, 0.1) is 0 Å². The number of benzene rings is 2. The van der Waals surface area contributed by atoms with Crippen LogP contribution in [0.3, 0.4) is 0 Å². The Morgan fingerprint density at radius 3 is 1.54 bits per heavy atom. The van der Waals surface area contributed by atoms with E-state index in [-0.39, 0.29) is 0 Å². The molecule has 0 radical (unpaired) electrons. The molecule has 0 fully saturated rings. The number of nitrogens with one attached hydrogen (secondary N) is 2. The number of para-hydroxylation sites is 2. The Morgan fingerprint density at radius 2 is 1.00 bits per heavy atom. The fraction of sp³-hybridized carbons (Fsp3) is 0.667. The predicted molar refractivity (Wildman–Crippen MR) is 204 cm³/mol. The fourth-order valence-corrected chi connectivity index (χ4v) is 8.74. The first-order valence-corrected chi connectivity index (χ1v) is 22.3. The summed E-state index contributed by atoms with van der Waals surface area (Å²) in [6, 6.07) is 15.6. The Hall–Kier alpha value is -1.04. The van der Waals surface area contributed by atoms with E-state index in [1.165, 1.54) is 103 Å². The molecule has 0 aromatic heterocycles. The largest absolute Gasteiger partial charge is 0.281 e. The van der Waals surface area contributed by atoms with Crippen molar-refractivity contribution in [2.24, 2.45) is 0 Å². The molecule has 10 heteroatoms. The number of rotatable bonds is 31. The molecule has 0 aliphatic heterocycles. The van der Waals surface area contributed by atoms with Crippen LogP contribution in [0.4, 0.5) is 11.4 Å². The summed E-state index contributed by atoms with van der Waals surface area (Å²) in [5, 5.41) is 0. The van der Waals surface area contributed by atoms with Crippen molar-refractivity contribution in [2.45, 2.75) is 152 Å². The molecule has 0 saturated heterocycles. The van der Waals surface area contributed by atoms with Crippen molar-refractivity contribution in [3.8, 4) is 0 Å². The number of hydrogen-bond acceptors (Lipinski definition) is 7. The SMILES string of the molecule is CCCCCCCCCCCCOS(=O)Nc1ccccc1SSc1ccccc1NOS(=O)CCCCCCCCCCCC. The van der Waals surface area contributed by atoms with Gasteiger partial charge >= 0.3 is 0 Å². The second kappa shape index (κ2) is 28.9. The standard InChI is InChI=1S/C36H60N2O4S4/c1-3-5-7-9-11-13-15-17-19-25-31-41-46(40)38-34-28-22-24-30-36(34)44-43-35-29-23-21-27-33(35)37-42-45(39)32-26-20-18-16-14-12-10-8-6-4-2/h21-24,27-30,37-38H,3-20,25-26,31-32H2,1-2H3. The Balaban J connectivity index is 1.64. The van der Waals surface area contributed by atoms with Gasteiger partial charge in [-0.25, -0.2) is 8.42 Å². The molecular weight excluding hydrogens is 653 g/mol. The van der Waals surface area contributed by atoms with Gasteiger partial charge in [0.2, 0.25) is 0 Å². The van der Waals surface area contributed by atoms with Gasteiger partial charge in [0.05, 0.1) is 23.7 Å². The van der Waals surface area contributed by atoms with Crippen LogP contribution in [0.5, 0.6) is 0 Å². The number of unbranched alkanes of at least 4 members (excludes halogenated alkanes) is 18. The zero-order valence-corrected chi connectivity index (χ0v) is 31.7. The third-order valence-corrected chi connectivity index (χ3v) is 11.9. The van der Waals surface area contributed by atoms with Crippen molar-refractivity contribution in [3.63, 3.8) is 0 Å². The molecule has 262 valence electrons. The van der Waals surface area contributed by atoms with Crippen molar-refractivity contribution >= 4 is 55.3 Å². The quantitative estimate of drug-likeness (QED) is 0.0458. The summed E-state index contributed by atoms with van der Waals surface area (Å²) < 4.78 is 39.1. The van der Waals surface area contributed by atoms with Crippen molar-refractivity contribution < 1.29 is 16.9 Å². The number of hydrogen-bond donors (Lipinski definition) is 2. The molecular formula is C36H60N2O4S4. The topological polar surface area (TPSA) is 76.7 Å². The van der Waals surface area contributed by atoms with Crippen LogP contribution in [0.1, 0.15) is 142 Å². The molecule has 0 heterocycles. The molecule has 2 aromatic rings. The van der Waals surface area contributed by atoms with E-state index in [2.05, 4.69) is 24.0 Å². The normalized spacial score (nSPS) is 12.7. The smallest absolute Gasteiger partial charge is 0.261 e. The van der Waals surface area contributed by atoms with Crippen molar-refractivity contribution in [1.29, 1.82) is 0 Å². The third kappa shape index (κ3) is 21.0. The molecule has 2 rings (SSSR count). The van der Waals surface area contributed by atoms with E-state index in [0.717, 1.165) is 46.8 Å². The van der Waals surface area contributed by atoms with E-state index in [1.807, 2.05) is 48.5 Å². The minimum atomic E-state index is -1.60. The van der Waals surface area contributed by atoms with E-state index >= 15 is 0 Å². The highest BCUT2D eigenvalue weighted by atomic mass is 33.1. The second-order valence-electron chi connectivity index (χ2n) is 11.9. The van der Waals surface area contributed by atoms with Gasteiger partial charge in [0, 0.05) is 9.79 Å². The summed E-state index contributed by atoms with van der Waals surface area (Å²) in [6.45, 7) is 4.99. The van der Waals surface area contributed by atoms with Crippen LogP contribution >= 0.6 is 21.6 Å². The Labute approximate surface area is 293 Å². The van der Waals surface area contributed by atoms with Crippen LogP contribution in [-0.2, 0) is 30.8 Å². The molecule has 46 heavy (non-hydrogen) atoms. The van der Waals surface area contributed by atoms with Gasteiger partial charge in [-0.1, -0.05) is 175 Å². The summed E-state index contributed by atoms with van der Waals surface area (Å²) in [7, 11) is 3.12. The summed E-state index contributed by atoms with van der Waals surface area (Å²) >= 11 is -2.99. The van der Waals surface area contributed by atoms with Crippen molar-refractivity contribution in [3.05, 3.63) is 48.5 Å². The lowest BCUT2D eigenvalue weighted by Crippen LogP contribution is -2.09. The second-order valence-corrected chi connectivity index (χ2v) is 16.2. The van der Waals surface area contributed by atoms with E-state index in [4.69, 9.17) is 8.47 Å². The van der Waals surface area contributed by atoms with Crippen LogP contribution in [0.25, 0.3) is 0 Å². The van der Waals surface area contributed by atoms with Crippen LogP contribution < -0.4 is 10.2 Å². The molecule has 0 bridgehead atoms. The Morgan fingerprint density at radius 1 is 0.565 bits per heavy atom. The molecule has 2 atom stereocenters. The number of anilines is 2. The van der Waals surface area contributed by atoms with Gasteiger partial charge in [0.1, 0.15) is 0 Å². The zero-order chi connectivity index (χ0) is 32.9. The molecule has 0 saturated carbocycles. The lowest BCUT2D eigenvalue weighted by molar-refractivity contribution is 0.334. The van der Waals surface area contributed by atoms with E-state index < -0.39 is 22.3 Å².